The number of methoxy groups -OCH3 is 1. The van der Waals surface area contributed by atoms with Crippen LogP contribution in [0.1, 0.15) is 46.9 Å². The van der Waals surface area contributed by atoms with Crippen molar-refractivity contribution in [1.82, 2.24) is 24.8 Å². The number of halogens is 1. The van der Waals surface area contributed by atoms with Crippen molar-refractivity contribution in [2.45, 2.75) is 32.9 Å². The van der Waals surface area contributed by atoms with Crippen LogP contribution in [0.4, 0.5) is 11.5 Å². The average molecular weight is 528 g/mol. The Hall–Kier alpha value is -4.37. The van der Waals surface area contributed by atoms with Gasteiger partial charge in [0.25, 0.3) is 5.91 Å². The third kappa shape index (κ3) is 4.14. The van der Waals surface area contributed by atoms with Crippen LogP contribution in [0.15, 0.2) is 60.9 Å². The van der Waals surface area contributed by atoms with Crippen LogP contribution >= 0.6 is 11.6 Å². The van der Waals surface area contributed by atoms with Gasteiger partial charge in [0.15, 0.2) is 11.3 Å². The van der Waals surface area contributed by atoms with Crippen LogP contribution < -0.4 is 15.0 Å². The van der Waals surface area contributed by atoms with Crippen LogP contribution in [0.2, 0.25) is 5.02 Å². The Morgan fingerprint density at radius 2 is 2.00 bits per heavy atom. The number of H-pyrrole nitrogens is 1. The predicted molar refractivity (Wildman–Crippen MR) is 147 cm³/mol. The number of benzene rings is 2. The molecule has 0 spiro atoms. The average Bonchev–Trinajstić information content (AvgIpc) is 3.67. The lowest BCUT2D eigenvalue weighted by atomic mass is 10.0. The molecule has 0 fully saturated rings. The summed E-state index contributed by atoms with van der Waals surface area (Å²) in [6.45, 7) is 5.42. The number of nitrogens with one attached hydrogen (secondary N) is 2. The topological polar surface area (TPSA) is 100 Å². The van der Waals surface area contributed by atoms with E-state index in [9.17, 15) is 4.79 Å². The SMILES string of the molecule is COc1cccc(NC(=O)c2nn3c(-c4cn[nH]c4)cc(N4Cc5cccc(Cl)c5C4)nc3c2C(C)C)c1. The molecular formula is C28H26ClN7O2. The number of carbonyl (C=O) groups is 1. The van der Waals surface area contributed by atoms with Gasteiger partial charge in [-0.2, -0.15) is 10.2 Å². The lowest BCUT2D eigenvalue weighted by Crippen LogP contribution is -2.17. The maximum Gasteiger partial charge on any atom is 0.276 e. The van der Waals surface area contributed by atoms with E-state index in [2.05, 4.69) is 26.5 Å². The zero-order valence-electron chi connectivity index (χ0n) is 21.2. The molecule has 0 atom stereocenters. The van der Waals surface area contributed by atoms with E-state index in [1.165, 1.54) is 5.56 Å². The minimum atomic E-state index is -0.312. The number of amides is 1. The molecule has 5 aromatic rings. The first-order valence-corrected chi connectivity index (χ1v) is 12.7. The third-order valence-corrected chi connectivity index (χ3v) is 7.13. The van der Waals surface area contributed by atoms with Crippen molar-refractivity contribution in [3.63, 3.8) is 0 Å². The summed E-state index contributed by atoms with van der Waals surface area (Å²) in [5, 5.41) is 15.5. The van der Waals surface area contributed by atoms with E-state index in [0.29, 0.717) is 35.9 Å². The first-order valence-electron chi connectivity index (χ1n) is 12.3. The minimum Gasteiger partial charge on any atom is -0.497 e. The first-order chi connectivity index (χ1) is 18.4. The fraction of sp³-hybridized carbons (Fsp3) is 0.214. The van der Waals surface area contributed by atoms with Crippen molar-refractivity contribution in [3.05, 3.63) is 88.3 Å². The van der Waals surface area contributed by atoms with Crippen molar-refractivity contribution in [3.8, 4) is 17.0 Å². The highest BCUT2D eigenvalue weighted by atomic mass is 35.5. The molecule has 0 unspecified atom stereocenters. The van der Waals surface area contributed by atoms with E-state index in [0.717, 1.165) is 33.2 Å². The van der Waals surface area contributed by atoms with Gasteiger partial charge >= 0.3 is 0 Å². The number of hydrogen-bond acceptors (Lipinski definition) is 6. The molecule has 0 radical (unpaired) electrons. The van der Waals surface area contributed by atoms with E-state index in [4.69, 9.17) is 26.4 Å². The number of aromatic amines is 1. The van der Waals surface area contributed by atoms with E-state index < -0.39 is 0 Å². The molecule has 38 heavy (non-hydrogen) atoms. The molecule has 1 aliphatic heterocycles. The Bertz CT molecular complexity index is 1660. The number of aromatic nitrogens is 5. The molecule has 0 saturated carbocycles. The number of anilines is 2. The van der Waals surface area contributed by atoms with Crippen LogP contribution in [0.5, 0.6) is 5.75 Å². The summed E-state index contributed by atoms with van der Waals surface area (Å²) in [6, 6.07) is 15.2. The number of fused-ring (bicyclic) bond motifs is 2. The molecule has 9 nitrogen and oxygen atoms in total. The summed E-state index contributed by atoms with van der Waals surface area (Å²) >= 11 is 6.49. The van der Waals surface area contributed by atoms with Crippen molar-refractivity contribution in [2.75, 3.05) is 17.3 Å². The van der Waals surface area contributed by atoms with Crippen molar-refractivity contribution in [2.24, 2.45) is 0 Å². The lowest BCUT2D eigenvalue weighted by Gasteiger charge is -2.18. The molecule has 3 aromatic heterocycles. The molecule has 0 aliphatic carbocycles. The van der Waals surface area contributed by atoms with Gasteiger partial charge in [-0.3, -0.25) is 9.89 Å². The number of ether oxygens (including phenoxy) is 1. The molecule has 2 aromatic carbocycles. The van der Waals surface area contributed by atoms with Gasteiger partial charge in [0.2, 0.25) is 0 Å². The van der Waals surface area contributed by atoms with Gasteiger partial charge in [0, 0.05) is 53.3 Å². The lowest BCUT2D eigenvalue weighted by molar-refractivity contribution is 0.102. The summed E-state index contributed by atoms with van der Waals surface area (Å²) in [6.07, 6.45) is 3.54. The Labute approximate surface area is 224 Å². The highest BCUT2D eigenvalue weighted by Gasteiger charge is 2.28. The largest absolute Gasteiger partial charge is 0.497 e. The van der Waals surface area contributed by atoms with Gasteiger partial charge in [-0.25, -0.2) is 9.50 Å². The van der Waals surface area contributed by atoms with Gasteiger partial charge in [0.1, 0.15) is 11.6 Å². The molecule has 1 aliphatic rings. The predicted octanol–water partition coefficient (Wildman–Crippen LogP) is 5.68. The molecular weight excluding hydrogens is 502 g/mol. The Morgan fingerprint density at radius 1 is 1.16 bits per heavy atom. The van der Waals surface area contributed by atoms with Crippen LogP contribution in [0.25, 0.3) is 16.9 Å². The van der Waals surface area contributed by atoms with Gasteiger partial charge < -0.3 is 15.0 Å². The van der Waals surface area contributed by atoms with Crippen molar-refractivity contribution < 1.29 is 9.53 Å². The maximum atomic E-state index is 13.5. The third-order valence-electron chi connectivity index (χ3n) is 6.78. The fourth-order valence-corrected chi connectivity index (χ4v) is 5.17. The summed E-state index contributed by atoms with van der Waals surface area (Å²) in [7, 11) is 1.59. The Balaban J connectivity index is 1.48. The summed E-state index contributed by atoms with van der Waals surface area (Å²) in [5.74, 6) is 1.11. The fourth-order valence-electron chi connectivity index (χ4n) is 4.91. The van der Waals surface area contributed by atoms with Gasteiger partial charge in [-0.05, 0) is 35.2 Å². The molecule has 1 amide bonds. The number of nitrogens with zero attached hydrogens (tertiary/aromatic N) is 5. The van der Waals surface area contributed by atoms with Gasteiger partial charge in [0.05, 0.1) is 19.0 Å². The normalized spacial score (nSPS) is 12.8. The summed E-state index contributed by atoms with van der Waals surface area (Å²) < 4.78 is 7.04. The van der Waals surface area contributed by atoms with E-state index in [1.807, 2.05) is 50.2 Å². The van der Waals surface area contributed by atoms with E-state index >= 15 is 0 Å². The minimum absolute atomic E-state index is 0.0104. The molecule has 10 heteroatoms. The summed E-state index contributed by atoms with van der Waals surface area (Å²) in [5.41, 5.74) is 6.26. The second-order valence-corrected chi connectivity index (χ2v) is 9.97. The number of carbonyl (C=O) groups excluding carboxylic acids is 1. The monoisotopic (exact) mass is 527 g/mol. The van der Waals surface area contributed by atoms with Crippen molar-refractivity contribution in [1.29, 1.82) is 0 Å². The summed E-state index contributed by atoms with van der Waals surface area (Å²) in [4.78, 5) is 20.8. The van der Waals surface area contributed by atoms with E-state index in [-0.39, 0.29) is 11.8 Å². The van der Waals surface area contributed by atoms with Crippen LogP contribution in [-0.4, -0.2) is 37.8 Å². The highest BCUT2D eigenvalue weighted by molar-refractivity contribution is 6.31. The second-order valence-electron chi connectivity index (χ2n) is 9.56. The zero-order chi connectivity index (χ0) is 26.4. The Morgan fingerprint density at radius 3 is 2.74 bits per heavy atom. The van der Waals surface area contributed by atoms with Crippen molar-refractivity contribution >= 4 is 34.7 Å². The molecule has 192 valence electrons. The smallest absolute Gasteiger partial charge is 0.276 e. The van der Waals surface area contributed by atoms with Gasteiger partial charge in [-0.15, -0.1) is 0 Å². The Kier molecular flexibility index (Phi) is 6.00. The zero-order valence-corrected chi connectivity index (χ0v) is 22.0. The second kappa shape index (κ2) is 9.50. The maximum absolute atomic E-state index is 13.5. The van der Waals surface area contributed by atoms with Crippen LogP contribution in [0.3, 0.4) is 0 Å². The number of rotatable bonds is 6. The quantitative estimate of drug-likeness (QED) is 0.295. The van der Waals surface area contributed by atoms with Crippen LogP contribution in [0, 0.1) is 0 Å². The molecule has 4 heterocycles. The van der Waals surface area contributed by atoms with E-state index in [1.54, 1.807) is 30.1 Å². The molecule has 6 rings (SSSR count). The highest BCUT2D eigenvalue weighted by Crippen LogP contribution is 2.35. The molecule has 0 bridgehead atoms. The number of hydrogen-bond donors (Lipinski definition) is 2. The van der Waals surface area contributed by atoms with Gasteiger partial charge in [-0.1, -0.05) is 43.6 Å². The van der Waals surface area contributed by atoms with Crippen LogP contribution in [-0.2, 0) is 13.1 Å². The molecule has 2 N–H and O–H groups in total. The first kappa shape index (κ1) is 24.0. The molecule has 0 saturated heterocycles. The standard InChI is InChI=1S/C28H26ClN7O2/c1-16(2)25-26(28(37)32-19-7-5-8-20(10-19)38-3)34-36-23(18-12-30-31-13-18)11-24(33-27(25)36)35-14-17-6-4-9-22(29)21(17)15-35/h4-13,16H,14-15H2,1-3H3,(H,30,31)(H,32,37).